The quantitative estimate of drug-likeness (QED) is 0.382. The molecule has 0 saturated carbocycles. The zero-order valence-corrected chi connectivity index (χ0v) is 17.4. The normalized spacial score (nSPS) is 12.0. The minimum Gasteiger partial charge on any atom is -0.462 e. The van der Waals surface area contributed by atoms with Crippen LogP contribution in [0.5, 0.6) is 0 Å². The number of nitro benzene ring substituents is 1. The summed E-state index contributed by atoms with van der Waals surface area (Å²) in [6.07, 6.45) is 0.906. The van der Waals surface area contributed by atoms with E-state index in [0.29, 0.717) is 11.3 Å². The van der Waals surface area contributed by atoms with Gasteiger partial charge in [0.25, 0.3) is 5.69 Å². The molecule has 1 atom stereocenters. The molecule has 0 spiro atoms. The Morgan fingerprint density at radius 3 is 2.37 bits per heavy atom. The number of nitro groups is 1. The molecule has 0 fully saturated rings. The molecule has 0 radical (unpaired) electrons. The Morgan fingerprint density at radius 1 is 1.20 bits per heavy atom. The average Bonchev–Trinajstić information content (AvgIpc) is 2.68. The summed E-state index contributed by atoms with van der Waals surface area (Å²) in [4.78, 5) is 34.7. The number of ether oxygens (including phenoxy) is 1. The molecule has 2 aromatic carbocycles. The van der Waals surface area contributed by atoms with Crippen molar-refractivity contribution in [3.8, 4) is 0 Å². The van der Waals surface area contributed by atoms with Gasteiger partial charge in [0.05, 0.1) is 29.0 Å². The molecule has 2 rings (SSSR count). The molecule has 30 heavy (non-hydrogen) atoms. The van der Waals surface area contributed by atoms with Gasteiger partial charge in [-0.3, -0.25) is 19.2 Å². The van der Waals surface area contributed by atoms with Crippen LogP contribution in [0.3, 0.4) is 0 Å². The summed E-state index contributed by atoms with van der Waals surface area (Å²) in [5, 5.41) is 13.6. The van der Waals surface area contributed by atoms with E-state index < -0.39 is 32.9 Å². The smallest absolute Gasteiger partial charge is 0.338 e. The molecule has 0 aliphatic rings. The average molecular weight is 435 g/mol. The molecule has 1 unspecified atom stereocenters. The van der Waals surface area contributed by atoms with Crippen LogP contribution in [0.1, 0.15) is 24.2 Å². The number of carbonyl (C=O) groups is 2. The molecule has 0 bridgehead atoms. The Morgan fingerprint density at radius 2 is 1.83 bits per heavy atom. The molecule has 11 heteroatoms. The standard InChI is InChI=1S/C19H21N3O7S/c1-4-29-19(24)14-8-10-15(11-9-14)20-18(23)13(2)21(30(3,27)28)16-6-5-7-17(12-16)22(25)26/h5-13H,4H2,1-3H3,(H,20,23). The summed E-state index contributed by atoms with van der Waals surface area (Å²) < 4.78 is 30.3. The third-order valence-corrected chi connectivity index (χ3v) is 5.29. The fourth-order valence-electron chi connectivity index (χ4n) is 2.70. The maximum Gasteiger partial charge on any atom is 0.338 e. The van der Waals surface area contributed by atoms with Gasteiger partial charge in [0.2, 0.25) is 15.9 Å². The Bertz CT molecular complexity index is 1050. The first-order chi connectivity index (χ1) is 14.0. The second-order valence-electron chi connectivity index (χ2n) is 6.30. The number of anilines is 2. The Labute approximate surface area is 173 Å². The monoisotopic (exact) mass is 435 g/mol. The zero-order chi connectivity index (χ0) is 22.5. The SMILES string of the molecule is CCOC(=O)c1ccc(NC(=O)C(C)N(c2cccc([N+](=O)[O-])c2)S(C)(=O)=O)cc1. The first-order valence-electron chi connectivity index (χ1n) is 8.86. The van der Waals surface area contributed by atoms with Crippen molar-refractivity contribution in [2.75, 3.05) is 22.5 Å². The molecule has 1 amide bonds. The number of amides is 1. The predicted octanol–water partition coefficient (Wildman–Crippen LogP) is 2.56. The van der Waals surface area contributed by atoms with Crippen molar-refractivity contribution in [1.29, 1.82) is 0 Å². The number of nitrogens with one attached hydrogen (secondary N) is 1. The van der Waals surface area contributed by atoms with E-state index in [-0.39, 0.29) is 18.0 Å². The van der Waals surface area contributed by atoms with Gasteiger partial charge in [0, 0.05) is 17.8 Å². The van der Waals surface area contributed by atoms with Crippen LogP contribution in [0.2, 0.25) is 0 Å². The van der Waals surface area contributed by atoms with Crippen molar-refractivity contribution in [2.45, 2.75) is 19.9 Å². The van der Waals surface area contributed by atoms with Crippen molar-refractivity contribution in [2.24, 2.45) is 0 Å². The summed E-state index contributed by atoms with van der Waals surface area (Å²) in [7, 11) is -3.93. The minimum atomic E-state index is -3.93. The molecular formula is C19H21N3O7S. The maximum absolute atomic E-state index is 12.7. The van der Waals surface area contributed by atoms with E-state index in [1.165, 1.54) is 49.4 Å². The highest BCUT2D eigenvalue weighted by atomic mass is 32.2. The molecular weight excluding hydrogens is 414 g/mol. The third-order valence-electron chi connectivity index (χ3n) is 4.05. The molecule has 0 heterocycles. The highest BCUT2D eigenvalue weighted by molar-refractivity contribution is 7.92. The number of hydrogen-bond donors (Lipinski definition) is 1. The highest BCUT2D eigenvalue weighted by Crippen LogP contribution is 2.25. The van der Waals surface area contributed by atoms with Crippen LogP contribution in [0, 0.1) is 10.1 Å². The minimum absolute atomic E-state index is 0.00740. The lowest BCUT2D eigenvalue weighted by Gasteiger charge is -2.28. The van der Waals surface area contributed by atoms with E-state index in [9.17, 15) is 28.1 Å². The van der Waals surface area contributed by atoms with Crippen LogP contribution in [0.25, 0.3) is 0 Å². The number of nitrogens with zero attached hydrogens (tertiary/aromatic N) is 2. The Kier molecular flexibility index (Phi) is 7.11. The fourth-order valence-corrected chi connectivity index (χ4v) is 3.87. The van der Waals surface area contributed by atoms with E-state index >= 15 is 0 Å². The van der Waals surface area contributed by atoms with Gasteiger partial charge in [0.15, 0.2) is 0 Å². The van der Waals surface area contributed by atoms with Crippen molar-refractivity contribution < 1.29 is 27.7 Å². The van der Waals surface area contributed by atoms with Crippen molar-refractivity contribution in [1.82, 2.24) is 0 Å². The van der Waals surface area contributed by atoms with Crippen molar-refractivity contribution >= 4 is 39.0 Å². The van der Waals surface area contributed by atoms with Gasteiger partial charge in [-0.05, 0) is 44.2 Å². The fraction of sp³-hybridized carbons (Fsp3) is 0.263. The number of rotatable bonds is 8. The number of sulfonamides is 1. The Hall–Kier alpha value is -3.47. The molecule has 0 aliphatic carbocycles. The molecule has 0 saturated heterocycles. The third kappa shape index (κ3) is 5.54. The Balaban J connectivity index is 2.25. The van der Waals surface area contributed by atoms with E-state index in [4.69, 9.17) is 4.74 Å². The van der Waals surface area contributed by atoms with Gasteiger partial charge in [-0.2, -0.15) is 0 Å². The van der Waals surface area contributed by atoms with Gasteiger partial charge >= 0.3 is 5.97 Å². The number of esters is 1. The zero-order valence-electron chi connectivity index (χ0n) is 16.6. The maximum atomic E-state index is 12.7. The summed E-state index contributed by atoms with van der Waals surface area (Å²) in [5.41, 5.74) is 0.333. The predicted molar refractivity (Wildman–Crippen MR) is 111 cm³/mol. The number of non-ortho nitro benzene ring substituents is 1. The second-order valence-corrected chi connectivity index (χ2v) is 8.16. The second kappa shape index (κ2) is 9.35. The lowest BCUT2D eigenvalue weighted by Crippen LogP contribution is -2.45. The van der Waals surface area contributed by atoms with E-state index in [1.807, 2.05) is 0 Å². The van der Waals surface area contributed by atoms with Gasteiger partial charge in [-0.1, -0.05) is 6.07 Å². The summed E-state index contributed by atoms with van der Waals surface area (Å²) in [5.74, 6) is -1.16. The van der Waals surface area contributed by atoms with Crippen molar-refractivity contribution in [3.63, 3.8) is 0 Å². The molecule has 10 nitrogen and oxygen atoms in total. The van der Waals surface area contributed by atoms with Crippen LogP contribution in [-0.4, -0.2) is 44.1 Å². The summed E-state index contributed by atoms with van der Waals surface area (Å²) in [6, 6.07) is 9.70. The summed E-state index contributed by atoms with van der Waals surface area (Å²) >= 11 is 0. The molecule has 160 valence electrons. The van der Waals surface area contributed by atoms with Crippen LogP contribution >= 0.6 is 0 Å². The molecule has 2 aromatic rings. The van der Waals surface area contributed by atoms with Crippen LogP contribution in [0.15, 0.2) is 48.5 Å². The molecule has 0 aliphatic heterocycles. The number of benzene rings is 2. The number of hydrogen-bond acceptors (Lipinski definition) is 7. The van der Waals surface area contributed by atoms with Gasteiger partial charge in [-0.25, -0.2) is 13.2 Å². The largest absolute Gasteiger partial charge is 0.462 e. The highest BCUT2D eigenvalue weighted by Gasteiger charge is 2.30. The van der Waals surface area contributed by atoms with Crippen LogP contribution in [-0.2, 0) is 19.6 Å². The van der Waals surface area contributed by atoms with Crippen molar-refractivity contribution in [3.05, 3.63) is 64.2 Å². The van der Waals surface area contributed by atoms with E-state index in [0.717, 1.165) is 16.6 Å². The molecule has 0 aromatic heterocycles. The summed E-state index contributed by atoms with van der Waals surface area (Å²) in [6.45, 7) is 3.28. The lowest BCUT2D eigenvalue weighted by atomic mass is 10.2. The first-order valence-corrected chi connectivity index (χ1v) is 10.7. The van der Waals surface area contributed by atoms with E-state index in [2.05, 4.69) is 5.32 Å². The van der Waals surface area contributed by atoms with E-state index in [1.54, 1.807) is 6.92 Å². The van der Waals surface area contributed by atoms with Crippen LogP contribution in [0.4, 0.5) is 17.1 Å². The van der Waals surface area contributed by atoms with Gasteiger partial charge in [-0.15, -0.1) is 0 Å². The first kappa shape index (κ1) is 22.8. The van der Waals surface area contributed by atoms with Gasteiger partial charge < -0.3 is 10.1 Å². The van der Waals surface area contributed by atoms with Gasteiger partial charge in [0.1, 0.15) is 6.04 Å². The van der Waals surface area contributed by atoms with Crippen LogP contribution < -0.4 is 9.62 Å². The topological polar surface area (TPSA) is 136 Å². The number of carbonyl (C=O) groups excluding carboxylic acids is 2. The lowest BCUT2D eigenvalue weighted by molar-refractivity contribution is -0.384. The molecule has 1 N–H and O–H groups in total.